The van der Waals surface area contributed by atoms with Crippen molar-refractivity contribution in [3.05, 3.63) is 42.1 Å². The van der Waals surface area contributed by atoms with Crippen LogP contribution in [0, 0.1) is 0 Å². The van der Waals surface area contributed by atoms with Crippen LogP contribution >= 0.6 is 0 Å². The molecule has 1 aliphatic heterocycles. The minimum atomic E-state index is -0.219. The molecule has 0 unspecified atom stereocenters. The molecule has 7 heteroatoms. The third kappa shape index (κ3) is 3.94. The van der Waals surface area contributed by atoms with Gasteiger partial charge in [-0.1, -0.05) is 0 Å². The van der Waals surface area contributed by atoms with Gasteiger partial charge >= 0.3 is 0 Å². The summed E-state index contributed by atoms with van der Waals surface area (Å²) in [5, 5.41) is 6.04. The van der Waals surface area contributed by atoms with Gasteiger partial charge in [-0.3, -0.25) is 4.79 Å². The molecule has 0 atom stereocenters. The summed E-state index contributed by atoms with van der Waals surface area (Å²) >= 11 is 0. The van der Waals surface area contributed by atoms with Gasteiger partial charge in [0, 0.05) is 18.7 Å². The summed E-state index contributed by atoms with van der Waals surface area (Å²) in [5.41, 5.74) is 1.14. The molecule has 7 nitrogen and oxygen atoms in total. The van der Waals surface area contributed by atoms with Crippen LogP contribution in [0.4, 0.5) is 11.5 Å². The number of nitrogens with one attached hydrogen (secondary N) is 2. The summed E-state index contributed by atoms with van der Waals surface area (Å²) in [6.45, 7) is 1.92. The highest BCUT2D eigenvalue weighted by atomic mass is 16.7. The summed E-state index contributed by atoms with van der Waals surface area (Å²) in [6.07, 6.45) is 1.63. The van der Waals surface area contributed by atoms with E-state index in [2.05, 4.69) is 20.5 Å². The first-order valence-corrected chi connectivity index (χ1v) is 7.67. The van der Waals surface area contributed by atoms with Crippen molar-refractivity contribution < 1.29 is 14.3 Å². The Morgan fingerprint density at radius 2 is 2.04 bits per heavy atom. The minimum Gasteiger partial charge on any atom is -0.454 e. The molecular weight excluding hydrogens is 308 g/mol. The Labute approximate surface area is 140 Å². The monoisotopic (exact) mass is 328 g/mol. The molecule has 3 rings (SSSR count). The lowest BCUT2D eigenvalue weighted by Gasteiger charge is -2.11. The SMILES string of the molecule is CN(C)CCNc1ccc(NC(=O)c2ccc3c(c2)OCO3)cn1. The van der Waals surface area contributed by atoms with Gasteiger partial charge in [-0.05, 0) is 44.4 Å². The van der Waals surface area contributed by atoms with Gasteiger partial charge in [0.05, 0.1) is 11.9 Å². The Morgan fingerprint density at radius 1 is 1.21 bits per heavy atom. The summed E-state index contributed by atoms with van der Waals surface area (Å²) in [4.78, 5) is 18.7. The van der Waals surface area contributed by atoms with Crippen molar-refractivity contribution in [1.82, 2.24) is 9.88 Å². The van der Waals surface area contributed by atoms with Crippen LogP contribution in [0.25, 0.3) is 0 Å². The highest BCUT2D eigenvalue weighted by molar-refractivity contribution is 6.04. The predicted molar refractivity (Wildman–Crippen MR) is 91.8 cm³/mol. The van der Waals surface area contributed by atoms with Gasteiger partial charge in [0.15, 0.2) is 11.5 Å². The van der Waals surface area contributed by atoms with Crippen molar-refractivity contribution in [2.75, 3.05) is 44.6 Å². The molecule has 2 heterocycles. The van der Waals surface area contributed by atoms with Crippen LogP contribution in [0.1, 0.15) is 10.4 Å². The van der Waals surface area contributed by atoms with E-state index in [1.807, 2.05) is 26.2 Å². The number of pyridine rings is 1. The Kier molecular flexibility index (Phi) is 4.81. The average Bonchev–Trinajstić information content (AvgIpc) is 3.03. The van der Waals surface area contributed by atoms with Crippen LogP contribution in [0.5, 0.6) is 11.5 Å². The van der Waals surface area contributed by atoms with Crippen molar-refractivity contribution in [3.8, 4) is 11.5 Å². The van der Waals surface area contributed by atoms with Gasteiger partial charge in [-0.15, -0.1) is 0 Å². The predicted octanol–water partition coefficient (Wildman–Crippen LogP) is 2.04. The number of likely N-dealkylation sites (N-methyl/N-ethyl adjacent to an activating group) is 1. The largest absolute Gasteiger partial charge is 0.454 e. The number of ether oxygens (including phenoxy) is 2. The zero-order valence-electron chi connectivity index (χ0n) is 13.7. The highest BCUT2D eigenvalue weighted by Crippen LogP contribution is 2.32. The molecular formula is C17H20N4O3. The first kappa shape index (κ1) is 16.1. The smallest absolute Gasteiger partial charge is 0.255 e. The number of fused-ring (bicyclic) bond motifs is 1. The van der Waals surface area contributed by atoms with Crippen molar-refractivity contribution in [1.29, 1.82) is 0 Å². The van der Waals surface area contributed by atoms with Crippen molar-refractivity contribution in [3.63, 3.8) is 0 Å². The molecule has 0 spiro atoms. The number of aromatic nitrogens is 1. The third-order valence-electron chi connectivity index (χ3n) is 3.52. The van der Waals surface area contributed by atoms with Gasteiger partial charge in [0.2, 0.25) is 6.79 Å². The molecule has 24 heavy (non-hydrogen) atoms. The van der Waals surface area contributed by atoms with E-state index in [-0.39, 0.29) is 12.7 Å². The first-order valence-electron chi connectivity index (χ1n) is 7.67. The Morgan fingerprint density at radius 3 is 2.79 bits per heavy atom. The van der Waals surface area contributed by atoms with E-state index in [1.165, 1.54) is 0 Å². The quantitative estimate of drug-likeness (QED) is 0.845. The van der Waals surface area contributed by atoms with Crippen molar-refractivity contribution in [2.45, 2.75) is 0 Å². The minimum absolute atomic E-state index is 0.187. The topological polar surface area (TPSA) is 75.7 Å². The molecule has 0 bridgehead atoms. The number of carbonyl (C=O) groups is 1. The molecule has 1 aromatic heterocycles. The number of hydrogen-bond acceptors (Lipinski definition) is 6. The summed E-state index contributed by atoms with van der Waals surface area (Å²) in [7, 11) is 4.04. The molecule has 0 radical (unpaired) electrons. The fourth-order valence-corrected chi connectivity index (χ4v) is 2.22. The van der Waals surface area contributed by atoms with E-state index in [1.54, 1.807) is 24.4 Å². The zero-order chi connectivity index (χ0) is 16.9. The summed E-state index contributed by atoms with van der Waals surface area (Å²) in [6, 6.07) is 8.75. The van der Waals surface area contributed by atoms with Crippen LogP contribution in [0.2, 0.25) is 0 Å². The Bertz CT molecular complexity index is 716. The Balaban J connectivity index is 1.58. The zero-order valence-corrected chi connectivity index (χ0v) is 13.7. The average molecular weight is 328 g/mol. The van der Waals surface area contributed by atoms with Gasteiger partial charge < -0.3 is 25.0 Å². The van der Waals surface area contributed by atoms with Gasteiger partial charge in [0.25, 0.3) is 5.91 Å². The maximum atomic E-state index is 12.3. The van der Waals surface area contributed by atoms with Gasteiger partial charge in [-0.25, -0.2) is 4.98 Å². The second-order valence-corrected chi connectivity index (χ2v) is 5.68. The maximum Gasteiger partial charge on any atom is 0.255 e. The molecule has 2 aromatic rings. The van der Waals surface area contributed by atoms with E-state index in [4.69, 9.17) is 9.47 Å². The molecule has 0 saturated heterocycles. The number of carbonyl (C=O) groups excluding carboxylic acids is 1. The van der Waals surface area contributed by atoms with E-state index in [9.17, 15) is 4.79 Å². The van der Waals surface area contributed by atoms with E-state index in [0.29, 0.717) is 22.7 Å². The van der Waals surface area contributed by atoms with Gasteiger partial charge in [0.1, 0.15) is 5.82 Å². The van der Waals surface area contributed by atoms with E-state index in [0.717, 1.165) is 18.9 Å². The Hall–Kier alpha value is -2.80. The second-order valence-electron chi connectivity index (χ2n) is 5.68. The molecule has 1 amide bonds. The molecule has 2 N–H and O–H groups in total. The normalized spacial score (nSPS) is 12.3. The number of rotatable bonds is 6. The van der Waals surface area contributed by atoms with E-state index >= 15 is 0 Å². The molecule has 126 valence electrons. The summed E-state index contributed by atoms with van der Waals surface area (Å²) < 4.78 is 10.5. The molecule has 1 aromatic carbocycles. The number of amides is 1. The lowest BCUT2D eigenvalue weighted by atomic mass is 10.2. The lowest BCUT2D eigenvalue weighted by Crippen LogP contribution is -2.21. The standard InChI is InChI=1S/C17H20N4O3/c1-21(2)8-7-18-16-6-4-13(10-19-16)20-17(22)12-3-5-14-15(9-12)24-11-23-14/h3-6,9-10H,7-8,11H2,1-2H3,(H,18,19)(H,20,22). The molecule has 0 saturated carbocycles. The van der Waals surface area contributed by atoms with Crippen LogP contribution < -0.4 is 20.1 Å². The van der Waals surface area contributed by atoms with Gasteiger partial charge in [-0.2, -0.15) is 0 Å². The molecule has 0 aliphatic carbocycles. The molecule has 0 fully saturated rings. The number of benzene rings is 1. The fourth-order valence-electron chi connectivity index (χ4n) is 2.22. The van der Waals surface area contributed by atoms with Crippen LogP contribution in [-0.4, -0.2) is 49.8 Å². The lowest BCUT2D eigenvalue weighted by molar-refractivity contribution is 0.102. The first-order chi connectivity index (χ1) is 11.6. The van der Waals surface area contributed by atoms with E-state index < -0.39 is 0 Å². The highest BCUT2D eigenvalue weighted by Gasteiger charge is 2.16. The summed E-state index contributed by atoms with van der Waals surface area (Å²) in [5.74, 6) is 1.80. The molecule has 1 aliphatic rings. The fraction of sp³-hybridized carbons (Fsp3) is 0.294. The van der Waals surface area contributed by atoms with Crippen LogP contribution in [0.15, 0.2) is 36.5 Å². The number of nitrogens with zero attached hydrogens (tertiary/aromatic N) is 2. The number of hydrogen-bond donors (Lipinski definition) is 2. The maximum absolute atomic E-state index is 12.3. The van der Waals surface area contributed by atoms with Crippen LogP contribution in [-0.2, 0) is 0 Å². The second kappa shape index (κ2) is 7.18. The van der Waals surface area contributed by atoms with Crippen molar-refractivity contribution >= 4 is 17.4 Å². The third-order valence-corrected chi connectivity index (χ3v) is 3.52. The number of anilines is 2. The van der Waals surface area contributed by atoms with Crippen LogP contribution in [0.3, 0.4) is 0 Å². The van der Waals surface area contributed by atoms with Crippen molar-refractivity contribution in [2.24, 2.45) is 0 Å².